The molecule has 0 radical (unpaired) electrons. The third-order valence-corrected chi connectivity index (χ3v) is 5.38. The van der Waals surface area contributed by atoms with Crippen LogP contribution in [-0.4, -0.2) is 84.5 Å². The van der Waals surface area contributed by atoms with E-state index in [9.17, 15) is 9.59 Å². The summed E-state index contributed by atoms with van der Waals surface area (Å²) >= 11 is 1.49. The quantitative estimate of drug-likeness (QED) is 0.734. The zero-order chi connectivity index (χ0) is 16.2. The summed E-state index contributed by atoms with van der Waals surface area (Å²) in [5.74, 6) is 0.0405. The van der Waals surface area contributed by atoms with E-state index in [1.54, 1.807) is 4.90 Å². The zero-order valence-corrected chi connectivity index (χ0v) is 14.2. The third kappa shape index (κ3) is 3.88. The molecule has 2 aliphatic heterocycles. The van der Waals surface area contributed by atoms with Crippen LogP contribution in [0.3, 0.4) is 0 Å². The van der Waals surface area contributed by atoms with E-state index in [4.69, 9.17) is 4.74 Å². The van der Waals surface area contributed by atoms with E-state index in [0.717, 1.165) is 54.8 Å². The Bertz CT molecular complexity index is 563. The van der Waals surface area contributed by atoms with Gasteiger partial charge >= 0.3 is 0 Å². The first-order valence-corrected chi connectivity index (χ1v) is 8.74. The number of nitrogens with zero attached hydrogens (tertiary/aromatic N) is 4. The van der Waals surface area contributed by atoms with E-state index in [-0.39, 0.29) is 5.91 Å². The molecule has 2 amide bonds. The first-order valence-electron chi connectivity index (χ1n) is 7.92. The highest BCUT2D eigenvalue weighted by molar-refractivity contribution is 7.13. The van der Waals surface area contributed by atoms with E-state index in [2.05, 4.69) is 9.88 Å². The molecule has 3 heterocycles. The molecule has 2 fully saturated rings. The minimum absolute atomic E-state index is 0.0405. The van der Waals surface area contributed by atoms with Gasteiger partial charge in [0.25, 0.3) is 5.91 Å². The summed E-state index contributed by atoms with van der Waals surface area (Å²) < 4.78 is 5.35. The molecule has 126 valence electrons. The molecule has 8 heteroatoms. The van der Waals surface area contributed by atoms with E-state index >= 15 is 0 Å². The number of carbonyl (C=O) groups is 2. The second-order valence-electron chi connectivity index (χ2n) is 5.84. The molecule has 1 aromatic heterocycles. The highest BCUT2D eigenvalue weighted by atomic mass is 32.1. The van der Waals surface area contributed by atoms with E-state index in [1.807, 2.05) is 11.8 Å². The molecule has 0 aliphatic carbocycles. The van der Waals surface area contributed by atoms with Crippen LogP contribution in [0.4, 0.5) is 0 Å². The average Bonchev–Trinajstić information content (AvgIpc) is 2.95. The largest absolute Gasteiger partial charge is 0.379 e. The Morgan fingerprint density at radius 1 is 1.22 bits per heavy atom. The van der Waals surface area contributed by atoms with Crippen molar-refractivity contribution in [2.45, 2.75) is 13.5 Å². The molecule has 2 saturated heterocycles. The maximum Gasteiger partial charge on any atom is 0.265 e. The molecule has 23 heavy (non-hydrogen) atoms. The van der Waals surface area contributed by atoms with Crippen LogP contribution < -0.4 is 0 Å². The molecule has 0 saturated carbocycles. The van der Waals surface area contributed by atoms with Crippen LogP contribution >= 0.6 is 11.3 Å². The number of morpholine rings is 1. The van der Waals surface area contributed by atoms with Gasteiger partial charge in [-0.1, -0.05) is 0 Å². The van der Waals surface area contributed by atoms with Crippen LogP contribution in [0.15, 0.2) is 0 Å². The predicted octanol–water partition coefficient (Wildman–Crippen LogP) is 0.198. The van der Waals surface area contributed by atoms with Crippen molar-refractivity contribution in [1.29, 1.82) is 0 Å². The molecule has 0 N–H and O–H groups in total. The van der Waals surface area contributed by atoms with Crippen LogP contribution in [0.25, 0.3) is 0 Å². The number of aromatic nitrogens is 1. The number of carbonyl (C=O) groups excluding carboxylic acids is 2. The molecular formula is C15H22N4O3S. The zero-order valence-electron chi connectivity index (χ0n) is 13.4. The average molecular weight is 338 g/mol. The topological polar surface area (TPSA) is 66.0 Å². The fourth-order valence-electron chi connectivity index (χ4n) is 2.84. The molecule has 0 unspecified atom stereocenters. The lowest BCUT2D eigenvalue weighted by atomic mass is 10.3. The number of thiazole rings is 1. The van der Waals surface area contributed by atoms with Crippen LogP contribution in [0.1, 0.15) is 20.4 Å². The summed E-state index contributed by atoms with van der Waals surface area (Å²) in [5, 5.41) is 0.985. The van der Waals surface area contributed by atoms with Crippen molar-refractivity contribution in [3.8, 4) is 0 Å². The standard InChI is InChI=1S/C15H22N4O3S/c1-12-14(15(21)19-4-2-18(11-20)3-5-19)23-13(16-12)10-17-6-8-22-9-7-17/h11H,2-10H2,1H3. The maximum atomic E-state index is 12.7. The van der Waals surface area contributed by atoms with E-state index in [1.165, 1.54) is 11.3 Å². The molecule has 0 aromatic carbocycles. The van der Waals surface area contributed by atoms with Gasteiger partial charge in [-0.15, -0.1) is 11.3 Å². The van der Waals surface area contributed by atoms with E-state index in [0.29, 0.717) is 26.2 Å². The lowest BCUT2D eigenvalue weighted by Crippen LogP contribution is -2.48. The van der Waals surface area contributed by atoms with Gasteiger partial charge in [0.1, 0.15) is 9.88 Å². The highest BCUT2D eigenvalue weighted by Gasteiger charge is 2.25. The number of hydrogen-bond donors (Lipinski definition) is 0. The highest BCUT2D eigenvalue weighted by Crippen LogP contribution is 2.22. The van der Waals surface area contributed by atoms with Gasteiger partial charge in [0.05, 0.1) is 25.5 Å². The van der Waals surface area contributed by atoms with Crippen LogP contribution in [0, 0.1) is 6.92 Å². The van der Waals surface area contributed by atoms with Crippen LogP contribution in [0.2, 0.25) is 0 Å². The number of piperazine rings is 1. The van der Waals surface area contributed by atoms with Gasteiger partial charge in [0.2, 0.25) is 6.41 Å². The summed E-state index contributed by atoms with van der Waals surface area (Å²) in [6.45, 7) is 8.41. The molecule has 7 nitrogen and oxygen atoms in total. The minimum Gasteiger partial charge on any atom is -0.379 e. The van der Waals surface area contributed by atoms with Crippen molar-refractivity contribution < 1.29 is 14.3 Å². The monoisotopic (exact) mass is 338 g/mol. The predicted molar refractivity (Wildman–Crippen MR) is 86.5 cm³/mol. The Labute approximate surface area is 139 Å². The summed E-state index contributed by atoms with van der Waals surface area (Å²) in [4.78, 5) is 34.6. The summed E-state index contributed by atoms with van der Waals surface area (Å²) in [6.07, 6.45) is 0.847. The Balaban J connectivity index is 1.63. The van der Waals surface area contributed by atoms with Gasteiger partial charge in [0, 0.05) is 39.3 Å². The molecule has 1 aromatic rings. The van der Waals surface area contributed by atoms with Crippen molar-refractivity contribution >= 4 is 23.7 Å². The fraction of sp³-hybridized carbons (Fsp3) is 0.667. The summed E-state index contributed by atoms with van der Waals surface area (Å²) in [6, 6.07) is 0. The van der Waals surface area contributed by atoms with Crippen LogP contribution in [0.5, 0.6) is 0 Å². The Morgan fingerprint density at radius 3 is 2.57 bits per heavy atom. The Hall–Kier alpha value is -1.51. The molecule has 0 spiro atoms. The molecule has 2 aliphatic rings. The van der Waals surface area contributed by atoms with Crippen molar-refractivity contribution in [3.05, 3.63) is 15.6 Å². The summed E-state index contributed by atoms with van der Waals surface area (Å²) in [5.41, 5.74) is 0.807. The van der Waals surface area contributed by atoms with Gasteiger partial charge in [0.15, 0.2) is 0 Å². The van der Waals surface area contributed by atoms with Crippen molar-refractivity contribution in [1.82, 2.24) is 19.7 Å². The summed E-state index contributed by atoms with van der Waals surface area (Å²) in [7, 11) is 0. The fourth-order valence-corrected chi connectivity index (χ4v) is 3.92. The first-order chi connectivity index (χ1) is 11.2. The third-order valence-electron chi connectivity index (χ3n) is 4.25. The second-order valence-corrected chi connectivity index (χ2v) is 6.93. The second kappa shape index (κ2) is 7.37. The Morgan fingerprint density at radius 2 is 1.91 bits per heavy atom. The van der Waals surface area contributed by atoms with Crippen molar-refractivity contribution in [2.24, 2.45) is 0 Å². The maximum absolute atomic E-state index is 12.7. The smallest absolute Gasteiger partial charge is 0.265 e. The Kier molecular flexibility index (Phi) is 5.24. The molecule has 0 atom stereocenters. The number of amides is 2. The minimum atomic E-state index is 0.0405. The van der Waals surface area contributed by atoms with Gasteiger partial charge < -0.3 is 14.5 Å². The van der Waals surface area contributed by atoms with Gasteiger partial charge in [-0.2, -0.15) is 0 Å². The lowest BCUT2D eigenvalue weighted by Gasteiger charge is -2.32. The first kappa shape index (κ1) is 16.4. The number of rotatable bonds is 4. The number of aryl methyl sites for hydroxylation is 1. The molecular weight excluding hydrogens is 316 g/mol. The SMILES string of the molecule is Cc1nc(CN2CCOCC2)sc1C(=O)N1CCN(C=O)CC1. The van der Waals surface area contributed by atoms with Gasteiger partial charge in [-0.25, -0.2) is 4.98 Å². The van der Waals surface area contributed by atoms with Gasteiger partial charge in [-0.05, 0) is 6.92 Å². The van der Waals surface area contributed by atoms with E-state index < -0.39 is 0 Å². The van der Waals surface area contributed by atoms with Gasteiger partial charge in [-0.3, -0.25) is 14.5 Å². The van der Waals surface area contributed by atoms with Crippen molar-refractivity contribution in [3.63, 3.8) is 0 Å². The molecule has 3 rings (SSSR count). The van der Waals surface area contributed by atoms with Crippen LogP contribution in [-0.2, 0) is 16.1 Å². The normalized spacial score (nSPS) is 19.9. The van der Waals surface area contributed by atoms with Crippen molar-refractivity contribution in [2.75, 3.05) is 52.5 Å². The lowest BCUT2D eigenvalue weighted by molar-refractivity contribution is -0.119. The number of ether oxygens (including phenoxy) is 1. The number of hydrogen-bond acceptors (Lipinski definition) is 6. The molecule has 0 bridgehead atoms.